The van der Waals surface area contributed by atoms with Gasteiger partial charge < -0.3 is 20.7 Å². The molecular formula is C9H16N4O4. The Labute approximate surface area is 97.8 Å². The fourth-order valence-electron chi connectivity index (χ4n) is 2.05. The van der Waals surface area contributed by atoms with Gasteiger partial charge in [-0.1, -0.05) is 0 Å². The first-order valence-corrected chi connectivity index (χ1v) is 5.36. The van der Waals surface area contributed by atoms with Gasteiger partial charge in [0, 0.05) is 6.42 Å². The van der Waals surface area contributed by atoms with E-state index < -0.39 is 24.7 Å². The van der Waals surface area contributed by atoms with E-state index in [1.54, 1.807) is 0 Å². The Kier molecular flexibility index (Phi) is 3.29. The maximum atomic E-state index is 11.8. The number of aliphatic hydroxyl groups excluding tert-OH is 2. The number of amidine groups is 1. The first-order chi connectivity index (χ1) is 8.02. The van der Waals surface area contributed by atoms with Crippen molar-refractivity contribution in [2.75, 3.05) is 6.61 Å². The summed E-state index contributed by atoms with van der Waals surface area (Å²) < 4.78 is 5.35. The molecule has 0 aliphatic carbocycles. The molecule has 0 aromatic rings. The Hall–Kier alpha value is -1.22. The van der Waals surface area contributed by atoms with Crippen LogP contribution in [0, 0.1) is 0 Å². The van der Waals surface area contributed by atoms with Crippen LogP contribution >= 0.6 is 0 Å². The molecule has 8 heteroatoms. The number of nitrogens with zero attached hydrogens (tertiary/aromatic N) is 2. The molecule has 0 aromatic heterocycles. The summed E-state index contributed by atoms with van der Waals surface area (Å²) >= 11 is 0. The van der Waals surface area contributed by atoms with Gasteiger partial charge in [-0.3, -0.25) is 15.4 Å². The van der Waals surface area contributed by atoms with E-state index >= 15 is 0 Å². The molecule has 6 N–H and O–H groups in total. The number of hydrogen-bond acceptors (Lipinski definition) is 7. The van der Waals surface area contributed by atoms with Crippen LogP contribution in [0.2, 0.25) is 0 Å². The number of amides is 1. The van der Waals surface area contributed by atoms with Crippen molar-refractivity contribution in [2.24, 2.45) is 16.5 Å². The summed E-state index contributed by atoms with van der Waals surface area (Å²) in [5.41, 5.74) is 11.1. The lowest BCUT2D eigenvalue weighted by Gasteiger charge is -2.34. The smallest absolute Gasteiger partial charge is 0.234 e. The second kappa shape index (κ2) is 4.57. The Morgan fingerprint density at radius 2 is 2.29 bits per heavy atom. The summed E-state index contributed by atoms with van der Waals surface area (Å²) in [5.74, 6) is -0.100. The molecule has 3 unspecified atom stereocenters. The third kappa shape index (κ3) is 2.25. The fraction of sp³-hybridized carbons (Fsp3) is 0.778. The molecule has 0 spiro atoms. The van der Waals surface area contributed by atoms with Gasteiger partial charge in [0.1, 0.15) is 18.2 Å². The van der Waals surface area contributed by atoms with Crippen molar-refractivity contribution in [3.8, 4) is 0 Å². The zero-order chi connectivity index (χ0) is 12.6. The number of nitrogens with two attached hydrogens (primary N) is 2. The SMILES string of the molecule is NC1=NC(N)N(C2CC(O)[C@@H](CO)O2)C(=O)C1. The maximum absolute atomic E-state index is 11.8. The lowest BCUT2D eigenvalue weighted by Crippen LogP contribution is -2.55. The van der Waals surface area contributed by atoms with Crippen molar-refractivity contribution in [3.05, 3.63) is 0 Å². The molecule has 1 fully saturated rings. The van der Waals surface area contributed by atoms with Crippen LogP contribution in [-0.4, -0.2) is 58.2 Å². The van der Waals surface area contributed by atoms with Gasteiger partial charge in [0.25, 0.3) is 0 Å². The normalized spacial score (nSPS) is 38.4. The predicted octanol–water partition coefficient (Wildman–Crippen LogP) is -2.71. The van der Waals surface area contributed by atoms with Crippen LogP contribution in [0.25, 0.3) is 0 Å². The highest BCUT2D eigenvalue weighted by Crippen LogP contribution is 2.25. The standard InChI is InChI=1S/C9H16N4O4/c10-6-2-7(16)13(9(11)12-6)8-1-4(15)5(3-14)17-8/h4-5,8-9,14-15H,1-3,11H2,(H2,10,12)/t4?,5-,8?,9?/m1/s1. The zero-order valence-electron chi connectivity index (χ0n) is 9.19. The molecule has 1 saturated heterocycles. The van der Waals surface area contributed by atoms with Gasteiger partial charge >= 0.3 is 0 Å². The van der Waals surface area contributed by atoms with E-state index in [2.05, 4.69) is 4.99 Å². The third-order valence-corrected chi connectivity index (χ3v) is 2.90. The highest BCUT2D eigenvalue weighted by molar-refractivity contribution is 6.00. The minimum absolute atomic E-state index is 0.00650. The Bertz CT molecular complexity index is 348. The van der Waals surface area contributed by atoms with Gasteiger partial charge in [-0.15, -0.1) is 0 Å². The number of rotatable bonds is 2. The largest absolute Gasteiger partial charge is 0.394 e. The van der Waals surface area contributed by atoms with Crippen LogP contribution < -0.4 is 11.5 Å². The van der Waals surface area contributed by atoms with Gasteiger partial charge in [0.05, 0.1) is 19.1 Å². The molecule has 17 heavy (non-hydrogen) atoms. The summed E-state index contributed by atoms with van der Waals surface area (Å²) in [6.45, 7) is -0.305. The second-order valence-electron chi connectivity index (χ2n) is 4.13. The molecule has 0 bridgehead atoms. The van der Waals surface area contributed by atoms with Gasteiger partial charge in [0.15, 0.2) is 6.29 Å². The Morgan fingerprint density at radius 1 is 1.59 bits per heavy atom. The van der Waals surface area contributed by atoms with Crippen LogP contribution in [0.1, 0.15) is 12.8 Å². The van der Waals surface area contributed by atoms with Crippen LogP contribution in [0.4, 0.5) is 0 Å². The quantitative estimate of drug-likeness (QED) is 0.417. The predicted molar refractivity (Wildman–Crippen MR) is 57.4 cm³/mol. The van der Waals surface area contributed by atoms with Crippen molar-refractivity contribution in [1.82, 2.24) is 4.90 Å². The number of aliphatic hydroxyl groups is 2. The summed E-state index contributed by atoms with van der Waals surface area (Å²) in [5, 5.41) is 18.5. The Morgan fingerprint density at radius 3 is 2.82 bits per heavy atom. The lowest BCUT2D eigenvalue weighted by molar-refractivity contribution is -0.151. The molecular weight excluding hydrogens is 228 g/mol. The van der Waals surface area contributed by atoms with E-state index in [0.717, 1.165) is 0 Å². The van der Waals surface area contributed by atoms with Crippen molar-refractivity contribution in [2.45, 2.75) is 37.6 Å². The third-order valence-electron chi connectivity index (χ3n) is 2.90. The zero-order valence-corrected chi connectivity index (χ0v) is 9.19. The number of carbonyl (C=O) groups is 1. The van der Waals surface area contributed by atoms with Crippen LogP contribution in [0.15, 0.2) is 4.99 Å². The molecule has 1 amide bonds. The average molecular weight is 244 g/mol. The van der Waals surface area contributed by atoms with Crippen molar-refractivity contribution in [1.29, 1.82) is 0 Å². The van der Waals surface area contributed by atoms with Gasteiger partial charge in [-0.2, -0.15) is 0 Å². The molecule has 0 saturated carbocycles. The van der Waals surface area contributed by atoms with E-state index in [-0.39, 0.29) is 31.2 Å². The number of hydrogen-bond donors (Lipinski definition) is 4. The van der Waals surface area contributed by atoms with Crippen molar-refractivity contribution < 1.29 is 19.7 Å². The first-order valence-electron chi connectivity index (χ1n) is 5.36. The molecule has 2 aliphatic rings. The average Bonchev–Trinajstić information content (AvgIpc) is 2.57. The molecule has 96 valence electrons. The van der Waals surface area contributed by atoms with Gasteiger partial charge in [-0.25, -0.2) is 4.99 Å². The number of ether oxygens (including phenoxy) is 1. The molecule has 2 rings (SSSR count). The second-order valence-corrected chi connectivity index (χ2v) is 4.13. The topological polar surface area (TPSA) is 134 Å². The van der Waals surface area contributed by atoms with E-state index in [1.165, 1.54) is 4.90 Å². The minimum Gasteiger partial charge on any atom is -0.394 e. The van der Waals surface area contributed by atoms with Crippen molar-refractivity contribution >= 4 is 11.7 Å². The van der Waals surface area contributed by atoms with Crippen LogP contribution in [0.5, 0.6) is 0 Å². The fourth-order valence-corrected chi connectivity index (χ4v) is 2.05. The molecule has 4 atom stereocenters. The van der Waals surface area contributed by atoms with E-state index in [4.69, 9.17) is 21.3 Å². The molecule has 0 radical (unpaired) electrons. The molecule has 0 aromatic carbocycles. The van der Waals surface area contributed by atoms with Crippen LogP contribution in [0.3, 0.4) is 0 Å². The molecule has 2 heterocycles. The van der Waals surface area contributed by atoms with Crippen LogP contribution in [-0.2, 0) is 9.53 Å². The van der Waals surface area contributed by atoms with E-state index in [0.29, 0.717) is 0 Å². The minimum atomic E-state index is -0.897. The first kappa shape index (κ1) is 12.2. The maximum Gasteiger partial charge on any atom is 0.234 e. The van der Waals surface area contributed by atoms with Crippen molar-refractivity contribution in [3.63, 3.8) is 0 Å². The van der Waals surface area contributed by atoms with E-state index in [1.807, 2.05) is 0 Å². The monoisotopic (exact) mass is 244 g/mol. The summed E-state index contributed by atoms with van der Waals surface area (Å²) in [6, 6.07) is 0. The highest BCUT2D eigenvalue weighted by Gasteiger charge is 2.41. The van der Waals surface area contributed by atoms with Gasteiger partial charge in [-0.05, 0) is 0 Å². The number of aliphatic imine (C=N–C) groups is 1. The summed E-state index contributed by atoms with van der Waals surface area (Å²) in [7, 11) is 0. The molecule has 8 nitrogen and oxygen atoms in total. The number of carbonyl (C=O) groups excluding carboxylic acids is 1. The molecule has 2 aliphatic heterocycles. The van der Waals surface area contributed by atoms with E-state index in [9.17, 15) is 9.90 Å². The lowest BCUT2D eigenvalue weighted by atomic mass is 10.1. The Balaban J connectivity index is 2.11. The van der Waals surface area contributed by atoms with Gasteiger partial charge in [0.2, 0.25) is 5.91 Å². The summed E-state index contributed by atoms with van der Waals surface area (Å²) in [4.78, 5) is 16.9. The summed E-state index contributed by atoms with van der Waals surface area (Å²) in [6.07, 6.45) is -2.86. The highest BCUT2D eigenvalue weighted by atomic mass is 16.5.